The Hall–Kier alpha value is -5.50. The molecule has 12 aromatic carbocycles. The number of rotatable bonds is 3. The van der Waals surface area contributed by atoms with Gasteiger partial charge >= 0.3 is 7.69 Å². The number of hydrogen-bond acceptors (Lipinski definition) is 2. The molecule has 0 spiro atoms. The van der Waals surface area contributed by atoms with Gasteiger partial charge in [-0.05, 0) is 116 Å². The van der Waals surface area contributed by atoms with Crippen molar-refractivity contribution in [3.05, 3.63) is 195 Å². The van der Waals surface area contributed by atoms with E-state index < -0.39 is 0 Å². The zero-order chi connectivity index (χ0) is 39.3. The first kappa shape index (κ1) is 39.0. The highest BCUT2D eigenvalue weighted by Gasteiger charge is 2.15. The summed E-state index contributed by atoms with van der Waals surface area (Å²) >= 11 is 11.0. The van der Waals surface area contributed by atoms with Gasteiger partial charge in [0.15, 0.2) is 0 Å². The van der Waals surface area contributed by atoms with Crippen LogP contribution in [0, 0.1) is 0 Å². The first-order chi connectivity index (χ1) is 28.5. The van der Waals surface area contributed by atoms with Crippen LogP contribution >= 0.6 is 47.8 Å². The molecule has 0 atom stereocenters. The number of hydrogen-bond donors (Lipinski definition) is 1. The number of fused-ring (bicyclic) bond motifs is 2. The predicted molar refractivity (Wildman–Crippen MR) is 266 cm³/mol. The third kappa shape index (κ3) is 6.88. The van der Waals surface area contributed by atoms with Crippen LogP contribution in [0.1, 0.15) is 7.43 Å². The van der Waals surface area contributed by atoms with Gasteiger partial charge in [-0.2, -0.15) is 0 Å². The summed E-state index contributed by atoms with van der Waals surface area (Å²) in [4.78, 5) is 0. The van der Waals surface area contributed by atoms with Gasteiger partial charge in [0.05, 0.1) is 0 Å². The first-order valence-corrected chi connectivity index (χ1v) is 21.3. The Bertz CT molecular complexity index is 3390. The zero-order valence-corrected chi connectivity index (χ0v) is 35.6. The molecule has 59 heavy (non-hydrogen) atoms. The molecule has 12 aromatic rings. The van der Waals surface area contributed by atoms with E-state index in [4.69, 9.17) is 9.68 Å². The molecule has 0 aromatic heterocycles. The van der Waals surface area contributed by atoms with Crippen molar-refractivity contribution >= 4 is 142 Å². The van der Waals surface area contributed by atoms with Gasteiger partial charge in [-0.15, -0.1) is 0 Å². The minimum absolute atomic E-state index is 0. The molecule has 0 saturated heterocycles. The lowest BCUT2D eigenvalue weighted by atomic mass is 9.88. The van der Waals surface area contributed by atoms with Crippen LogP contribution in [0.5, 0.6) is 5.75 Å². The van der Waals surface area contributed by atoms with Crippen LogP contribution in [0.3, 0.4) is 0 Å². The Morgan fingerprint density at radius 2 is 0.695 bits per heavy atom. The van der Waals surface area contributed by atoms with E-state index in [0.29, 0.717) is 13.4 Å². The third-order valence-electron chi connectivity index (χ3n) is 11.2. The zero-order valence-electron chi connectivity index (χ0n) is 30.9. The van der Waals surface area contributed by atoms with Crippen molar-refractivity contribution in [1.29, 1.82) is 0 Å². The van der Waals surface area contributed by atoms with Crippen LogP contribution in [-0.2, 0) is 0 Å². The quantitative estimate of drug-likeness (QED) is 0.141. The van der Waals surface area contributed by atoms with Gasteiger partial charge in [0, 0.05) is 18.8 Å². The molecule has 0 heterocycles. The lowest BCUT2D eigenvalue weighted by Gasteiger charge is -2.16. The third-order valence-corrected chi connectivity index (χ3v) is 13.3. The van der Waals surface area contributed by atoms with Crippen molar-refractivity contribution in [2.75, 3.05) is 0 Å². The second-order valence-corrected chi connectivity index (χ2v) is 16.9. The van der Waals surface area contributed by atoms with E-state index in [9.17, 15) is 0 Å². The molecule has 0 aliphatic carbocycles. The minimum atomic E-state index is 0. The van der Waals surface area contributed by atoms with Gasteiger partial charge in [0.1, 0.15) is 5.75 Å². The molecule has 0 bridgehead atoms. The Morgan fingerprint density at radius 3 is 1.22 bits per heavy atom. The molecule has 12 rings (SSSR count). The summed E-state index contributed by atoms with van der Waals surface area (Å²) < 4.78 is 8.42. The second-order valence-electron chi connectivity index (χ2n) is 14.3. The van der Waals surface area contributed by atoms with Crippen molar-refractivity contribution in [3.63, 3.8) is 0 Å². The molecule has 0 saturated carbocycles. The topological polar surface area (TPSA) is 29.5 Å². The van der Waals surface area contributed by atoms with Gasteiger partial charge in [0.2, 0.25) is 0 Å². The van der Waals surface area contributed by atoms with E-state index in [1.807, 2.05) is 42.5 Å². The molecular weight excluding hydrogens is 919 g/mol. The maximum atomic E-state index is 8.53. The minimum Gasteiger partial charge on any atom is -0.537 e. The van der Waals surface area contributed by atoms with Crippen molar-refractivity contribution in [2.24, 2.45) is 0 Å². The van der Waals surface area contributed by atoms with Gasteiger partial charge in [-0.3, -0.25) is 0 Å². The summed E-state index contributed by atoms with van der Waals surface area (Å²) in [5.41, 5.74) is 2.60. The molecule has 0 amide bonds. The highest BCUT2D eigenvalue weighted by molar-refractivity contribution is 9.11. The first-order valence-electron chi connectivity index (χ1n) is 18.9. The van der Waals surface area contributed by atoms with Crippen LogP contribution in [0.4, 0.5) is 0 Å². The number of benzene rings is 12. The van der Waals surface area contributed by atoms with Crippen LogP contribution in [0.25, 0.3) is 97.3 Å². The van der Waals surface area contributed by atoms with E-state index in [2.05, 4.69) is 187 Å². The Morgan fingerprint density at radius 1 is 0.322 bits per heavy atom. The fraction of sp³-hybridized carbons (Fsp3) is 0.0189. The number of halogens is 3. The van der Waals surface area contributed by atoms with E-state index in [1.165, 1.54) is 86.5 Å². The highest BCUT2D eigenvalue weighted by atomic mass is 79.9. The monoisotopic (exact) mass is 951 g/mol. The smallest absolute Gasteiger partial charge is 0.537 e. The van der Waals surface area contributed by atoms with Crippen molar-refractivity contribution in [3.8, 4) is 16.9 Å². The molecule has 0 aliphatic rings. The van der Waals surface area contributed by atoms with Crippen LogP contribution in [-0.4, -0.2) is 12.7 Å². The Balaban J connectivity index is 0.000000122. The van der Waals surface area contributed by atoms with Crippen molar-refractivity contribution in [2.45, 2.75) is 7.43 Å². The molecule has 2 nitrogen and oxygen atoms in total. The van der Waals surface area contributed by atoms with Gasteiger partial charge < -0.3 is 9.68 Å². The molecule has 1 radical (unpaired) electrons. The van der Waals surface area contributed by atoms with Crippen LogP contribution in [0.2, 0.25) is 0 Å². The predicted octanol–water partition coefficient (Wildman–Crippen LogP) is 16.7. The summed E-state index contributed by atoms with van der Waals surface area (Å²) in [6, 6.07) is 64.1. The summed E-state index contributed by atoms with van der Waals surface area (Å²) in [6.45, 7) is 0. The van der Waals surface area contributed by atoms with Crippen LogP contribution < -0.4 is 4.65 Å². The summed E-state index contributed by atoms with van der Waals surface area (Å²) in [5, 5.41) is 29.0. The largest absolute Gasteiger partial charge is 0.569 e. The average molecular weight is 954 g/mol. The molecule has 0 fully saturated rings. The van der Waals surface area contributed by atoms with Gasteiger partial charge in [0.25, 0.3) is 0 Å². The fourth-order valence-electron chi connectivity index (χ4n) is 8.55. The Labute approximate surface area is 368 Å². The highest BCUT2D eigenvalue weighted by Crippen LogP contribution is 2.43. The molecule has 283 valence electrons. The maximum Gasteiger partial charge on any atom is 0.569 e. The summed E-state index contributed by atoms with van der Waals surface area (Å²) in [7, 11) is 0.696. The second kappa shape index (κ2) is 16.3. The SMILES string of the molecule is Brc1ccc2ccc3c(-c4cccc5ccccc45)ccc4ccc1c2c43.Brc1ccc2ccc3c(Br)ccc4ccc1c2c43.C.O[B]Oc1cccc2ccccc12. The Kier molecular flexibility index (Phi) is 10.8. The maximum absolute atomic E-state index is 8.53. The summed E-state index contributed by atoms with van der Waals surface area (Å²) in [5.74, 6) is 0.667. The van der Waals surface area contributed by atoms with E-state index in [1.54, 1.807) is 0 Å². The van der Waals surface area contributed by atoms with E-state index >= 15 is 0 Å². The molecule has 1 N–H and O–H groups in total. The molecule has 0 unspecified atom stereocenters. The van der Waals surface area contributed by atoms with Gasteiger partial charge in [-0.1, -0.05) is 213 Å². The molecule has 6 heteroatoms. The van der Waals surface area contributed by atoms with Crippen molar-refractivity contribution < 1.29 is 9.68 Å². The lowest BCUT2D eigenvalue weighted by Crippen LogP contribution is -1.99. The normalized spacial score (nSPS) is 11.3. The van der Waals surface area contributed by atoms with Crippen LogP contribution in [0.15, 0.2) is 195 Å². The standard InChI is InChI=1S/C26H15Br.C16H8Br2.C10H8BO2.CH4/c27-24-15-11-18-9-13-22-21(12-8-17-10-14-23(24)26(18)25(17)22)20-7-3-5-16-4-1-2-6-19(16)20;17-13-8-4-10-2-6-12-14(18)7-3-9-1-5-11(13)16(10)15(9)12;12-11-13-10-7-3-5-8-4-1-2-6-9(8)10;/h1-15H;1-8H;1-7,12H;1H4. The van der Waals surface area contributed by atoms with Gasteiger partial charge in [-0.25, -0.2) is 0 Å². The average Bonchev–Trinajstić information content (AvgIpc) is 3.27. The summed E-state index contributed by atoms with van der Waals surface area (Å²) in [6.07, 6.45) is 0. The van der Waals surface area contributed by atoms with E-state index in [0.717, 1.165) is 24.2 Å². The fourth-order valence-corrected chi connectivity index (χ4v) is 9.93. The van der Waals surface area contributed by atoms with E-state index in [-0.39, 0.29) is 7.43 Å². The lowest BCUT2D eigenvalue weighted by molar-refractivity contribution is 0.457. The van der Waals surface area contributed by atoms with Crippen molar-refractivity contribution in [1.82, 2.24) is 0 Å². The molecular formula is C53H35BBr3O2. The molecule has 0 aliphatic heterocycles.